The zero-order chi connectivity index (χ0) is 24.8. The largest absolute Gasteiger partial charge is 0.442 e. The zero-order valence-electron chi connectivity index (χ0n) is 19.4. The zero-order valence-corrected chi connectivity index (χ0v) is 21.0. The molecule has 180 valence electrons. The molecule has 0 saturated heterocycles. The normalized spacial score (nSPS) is 20.7. The Morgan fingerprint density at radius 3 is 2.55 bits per heavy atom. The minimum absolute atomic E-state index is 0.0123. The Bertz CT molecular complexity index is 914. The number of hydrogen-bond donors (Lipinski definition) is 2. The van der Waals surface area contributed by atoms with Crippen LogP contribution in [0, 0.1) is 11.8 Å². The van der Waals surface area contributed by atoms with E-state index in [0.29, 0.717) is 30.1 Å². The molecule has 3 unspecified atom stereocenters. The minimum atomic E-state index is -0.712. The Morgan fingerprint density at radius 2 is 1.97 bits per heavy atom. The molecule has 1 saturated carbocycles. The smallest absolute Gasteiger partial charge is 0.433 e. The first-order valence-corrected chi connectivity index (χ1v) is 11.4. The van der Waals surface area contributed by atoms with Gasteiger partial charge in [0.2, 0.25) is 5.91 Å². The number of aliphatic imine (C=N–C) groups is 1. The second-order valence-corrected chi connectivity index (χ2v) is 9.91. The number of nitrogens with one attached hydrogen (secondary N) is 2. The number of amides is 3. The van der Waals surface area contributed by atoms with Gasteiger partial charge in [0.1, 0.15) is 11.4 Å². The van der Waals surface area contributed by atoms with Gasteiger partial charge in [-0.1, -0.05) is 23.8 Å². The van der Waals surface area contributed by atoms with Crippen molar-refractivity contribution in [1.82, 2.24) is 15.2 Å². The van der Waals surface area contributed by atoms with Crippen LogP contribution in [0.15, 0.2) is 23.3 Å². The lowest BCUT2D eigenvalue weighted by atomic mass is 9.78. The summed E-state index contributed by atoms with van der Waals surface area (Å²) in [5.41, 5.74) is -0.669. The monoisotopic (exact) mass is 495 g/mol. The van der Waals surface area contributed by atoms with E-state index in [1.54, 1.807) is 51.9 Å². The quantitative estimate of drug-likeness (QED) is 0.485. The first kappa shape index (κ1) is 26.7. The van der Waals surface area contributed by atoms with Crippen molar-refractivity contribution in [1.29, 1.82) is 0 Å². The van der Waals surface area contributed by atoms with Gasteiger partial charge in [-0.25, -0.2) is 9.78 Å². The van der Waals surface area contributed by atoms with Gasteiger partial charge in [-0.05, 0) is 52.2 Å². The average molecular weight is 496 g/mol. The molecule has 1 aliphatic carbocycles. The molecule has 1 heterocycles. The van der Waals surface area contributed by atoms with Crippen molar-refractivity contribution in [3.63, 3.8) is 0 Å². The summed E-state index contributed by atoms with van der Waals surface area (Å²) >= 11 is 11.1. The lowest BCUT2D eigenvalue weighted by Gasteiger charge is -2.35. The van der Waals surface area contributed by atoms with Crippen LogP contribution in [0.2, 0.25) is 5.02 Å². The molecule has 0 spiro atoms. The van der Waals surface area contributed by atoms with Crippen LogP contribution in [0.3, 0.4) is 0 Å². The predicted octanol–water partition coefficient (Wildman–Crippen LogP) is 3.47. The number of carbonyl (C=O) groups excluding carboxylic acids is 3. The number of thiocarbonyl (C=S) groups is 1. The fourth-order valence-corrected chi connectivity index (χ4v) is 3.75. The van der Waals surface area contributed by atoms with Gasteiger partial charge < -0.3 is 20.3 Å². The summed E-state index contributed by atoms with van der Waals surface area (Å²) < 4.78 is 5.23. The number of pyridine rings is 1. The van der Waals surface area contributed by atoms with E-state index in [9.17, 15) is 14.4 Å². The van der Waals surface area contributed by atoms with Gasteiger partial charge in [-0.2, -0.15) is 4.99 Å². The van der Waals surface area contributed by atoms with Crippen LogP contribution in [0.25, 0.3) is 0 Å². The van der Waals surface area contributed by atoms with E-state index in [-0.39, 0.29) is 28.8 Å². The van der Waals surface area contributed by atoms with Gasteiger partial charge in [0.05, 0.1) is 5.02 Å². The van der Waals surface area contributed by atoms with Gasteiger partial charge in [-0.3, -0.25) is 9.59 Å². The van der Waals surface area contributed by atoms with E-state index in [1.807, 2.05) is 0 Å². The van der Waals surface area contributed by atoms with E-state index in [1.165, 1.54) is 12.4 Å². The van der Waals surface area contributed by atoms with Gasteiger partial charge in [-0.15, -0.1) is 0 Å². The first-order valence-electron chi connectivity index (χ1n) is 10.6. The average Bonchev–Trinajstić information content (AvgIpc) is 2.72. The Balaban J connectivity index is 2.09. The summed E-state index contributed by atoms with van der Waals surface area (Å²) in [6, 6.07) is 2.89. The number of aromatic nitrogens is 1. The Labute approximate surface area is 204 Å². The molecule has 1 aromatic heterocycles. The van der Waals surface area contributed by atoms with Crippen LogP contribution in [-0.2, 0) is 14.3 Å². The predicted molar refractivity (Wildman–Crippen MR) is 132 cm³/mol. The lowest BCUT2D eigenvalue weighted by molar-refractivity contribution is -0.134. The SMILES string of the molecule is CN(C)C(=O)C1CCC(NC(=S)C(=O)Nc2ccc(Cl)cn2)C(C=NC(=O)OC(C)(C)C)C1. The van der Waals surface area contributed by atoms with E-state index in [2.05, 4.69) is 20.6 Å². The highest BCUT2D eigenvalue weighted by molar-refractivity contribution is 7.82. The molecule has 11 heteroatoms. The highest BCUT2D eigenvalue weighted by atomic mass is 35.5. The molecule has 9 nitrogen and oxygen atoms in total. The molecule has 0 bridgehead atoms. The van der Waals surface area contributed by atoms with Crippen LogP contribution in [-0.4, -0.2) is 64.7 Å². The summed E-state index contributed by atoms with van der Waals surface area (Å²) in [6.45, 7) is 5.26. The molecular formula is C22H30ClN5O4S. The van der Waals surface area contributed by atoms with Crippen molar-refractivity contribution < 1.29 is 19.1 Å². The topological polar surface area (TPSA) is 113 Å². The third kappa shape index (κ3) is 8.70. The number of halogens is 1. The van der Waals surface area contributed by atoms with Crippen molar-refractivity contribution in [2.45, 2.75) is 51.7 Å². The Morgan fingerprint density at radius 1 is 1.27 bits per heavy atom. The summed E-state index contributed by atoms with van der Waals surface area (Å²) in [5.74, 6) is -0.711. The van der Waals surface area contributed by atoms with Crippen LogP contribution in [0.5, 0.6) is 0 Å². The van der Waals surface area contributed by atoms with E-state index in [4.69, 9.17) is 28.6 Å². The molecule has 2 N–H and O–H groups in total. The molecule has 0 aliphatic heterocycles. The molecule has 0 aromatic carbocycles. The highest BCUT2D eigenvalue weighted by Crippen LogP contribution is 2.30. The fourth-order valence-electron chi connectivity index (χ4n) is 3.44. The van der Waals surface area contributed by atoms with E-state index < -0.39 is 17.6 Å². The maximum Gasteiger partial charge on any atom is 0.433 e. The van der Waals surface area contributed by atoms with Crippen molar-refractivity contribution in [2.75, 3.05) is 19.4 Å². The van der Waals surface area contributed by atoms with Crippen LogP contribution >= 0.6 is 23.8 Å². The number of hydrogen-bond acceptors (Lipinski definition) is 6. The molecule has 0 radical (unpaired) electrons. The molecule has 3 atom stereocenters. The van der Waals surface area contributed by atoms with Crippen molar-refractivity contribution >= 4 is 58.7 Å². The maximum absolute atomic E-state index is 12.5. The molecule has 3 amide bonds. The maximum atomic E-state index is 12.5. The minimum Gasteiger partial charge on any atom is -0.442 e. The van der Waals surface area contributed by atoms with Crippen LogP contribution in [0.1, 0.15) is 40.0 Å². The molecule has 1 aliphatic rings. The van der Waals surface area contributed by atoms with Crippen LogP contribution < -0.4 is 10.6 Å². The standard InChI is InChI=1S/C22H30ClN5O4S/c1-22(2,3)32-21(31)25-11-14-10-13(20(30)28(4)5)6-8-16(14)26-19(33)18(29)27-17-9-7-15(23)12-24-17/h7,9,11-14,16H,6,8,10H2,1-5H3,(H,26,33)(H,24,27,29). The summed E-state index contributed by atoms with van der Waals surface area (Å²) in [7, 11) is 3.42. The third-order valence-electron chi connectivity index (χ3n) is 4.95. The fraction of sp³-hybridized carbons (Fsp3) is 0.545. The van der Waals surface area contributed by atoms with Gasteiger partial charge in [0.15, 0.2) is 4.99 Å². The Hall–Kier alpha value is -2.59. The molecule has 1 aromatic rings. The summed E-state index contributed by atoms with van der Waals surface area (Å²) in [6.07, 6.45) is 3.85. The van der Waals surface area contributed by atoms with Gasteiger partial charge in [0, 0.05) is 44.4 Å². The summed E-state index contributed by atoms with van der Waals surface area (Å²) in [4.78, 5) is 46.6. The highest BCUT2D eigenvalue weighted by Gasteiger charge is 2.35. The number of carbonyl (C=O) groups is 3. The van der Waals surface area contributed by atoms with Gasteiger partial charge in [0.25, 0.3) is 5.91 Å². The second-order valence-electron chi connectivity index (χ2n) is 9.06. The number of ether oxygens (including phenoxy) is 1. The van der Waals surface area contributed by atoms with Crippen molar-refractivity contribution in [3.05, 3.63) is 23.4 Å². The second kappa shape index (κ2) is 11.5. The third-order valence-corrected chi connectivity index (χ3v) is 5.47. The Kier molecular flexibility index (Phi) is 9.30. The number of rotatable bonds is 4. The van der Waals surface area contributed by atoms with Crippen molar-refractivity contribution in [2.24, 2.45) is 16.8 Å². The van der Waals surface area contributed by atoms with Gasteiger partial charge >= 0.3 is 6.09 Å². The summed E-state index contributed by atoms with van der Waals surface area (Å²) in [5, 5.41) is 6.12. The first-order chi connectivity index (χ1) is 15.4. The number of anilines is 1. The lowest BCUT2D eigenvalue weighted by Crippen LogP contribution is -2.49. The van der Waals surface area contributed by atoms with Crippen molar-refractivity contribution in [3.8, 4) is 0 Å². The van der Waals surface area contributed by atoms with E-state index >= 15 is 0 Å². The van der Waals surface area contributed by atoms with Crippen LogP contribution in [0.4, 0.5) is 10.6 Å². The van der Waals surface area contributed by atoms with E-state index in [0.717, 1.165) is 0 Å². The molecule has 1 fully saturated rings. The molecule has 33 heavy (non-hydrogen) atoms. The number of nitrogens with zero attached hydrogens (tertiary/aromatic N) is 3. The molecular weight excluding hydrogens is 466 g/mol. The molecule has 2 rings (SSSR count).